The zero-order valence-electron chi connectivity index (χ0n) is 10.6. The van der Waals surface area contributed by atoms with Crippen LogP contribution in [0.25, 0.3) is 0 Å². The van der Waals surface area contributed by atoms with Crippen LogP contribution in [0.2, 0.25) is 0 Å². The summed E-state index contributed by atoms with van der Waals surface area (Å²) in [5.41, 5.74) is 1.05. The Kier molecular flexibility index (Phi) is 5.58. The van der Waals surface area contributed by atoms with Crippen LogP contribution in [-0.2, 0) is 0 Å². The molecule has 0 saturated carbocycles. The molecular formula is C15H18O3. The Morgan fingerprint density at radius 2 is 1.61 bits per heavy atom. The van der Waals surface area contributed by atoms with Crippen LogP contribution in [0, 0.1) is 6.92 Å². The Morgan fingerprint density at radius 1 is 0.944 bits per heavy atom. The van der Waals surface area contributed by atoms with Gasteiger partial charge in [-0.3, -0.25) is 0 Å². The summed E-state index contributed by atoms with van der Waals surface area (Å²) >= 11 is 0. The molecule has 96 valence electrons. The summed E-state index contributed by atoms with van der Waals surface area (Å²) in [7, 11) is 0. The van der Waals surface area contributed by atoms with Crippen LogP contribution in [0.15, 0.2) is 48.5 Å². The Labute approximate surface area is 107 Å². The van der Waals surface area contributed by atoms with Crippen molar-refractivity contribution in [2.24, 2.45) is 0 Å². The van der Waals surface area contributed by atoms with Gasteiger partial charge in [-0.25, -0.2) is 0 Å². The minimum Gasteiger partial charge on any atom is -0.508 e. The van der Waals surface area contributed by atoms with Crippen molar-refractivity contribution in [1.82, 2.24) is 0 Å². The SMILES string of the molecule is CCOc1cc(O)ccc1C.Oc1ccccc1. The van der Waals surface area contributed by atoms with Crippen molar-refractivity contribution in [2.45, 2.75) is 13.8 Å². The highest BCUT2D eigenvalue weighted by Gasteiger charge is 1.98. The van der Waals surface area contributed by atoms with Crippen LogP contribution in [-0.4, -0.2) is 16.8 Å². The fraction of sp³-hybridized carbons (Fsp3) is 0.200. The minimum atomic E-state index is 0.249. The second-order valence-corrected chi connectivity index (χ2v) is 3.72. The van der Waals surface area contributed by atoms with Gasteiger partial charge in [0.1, 0.15) is 17.2 Å². The van der Waals surface area contributed by atoms with Gasteiger partial charge in [-0.15, -0.1) is 0 Å². The van der Waals surface area contributed by atoms with Crippen molar-refractivity contribution in [3.8, 4) is 17.2 Å². The number of aromatic hydroxyl groups is 2. The van der Waals surface area contributed by atoms with Gasteiger partial charge in [-0.2, -0.15) is 0 Å². The van der Waals surface area contributed by atoms with Gasteiger partial charge in [0.05, 0.1) is 6.61 Å². The van der Waals surface area contributed by atoms with E-state index in [9.17, 15) is 0 Å². The molecule has 2 N–H and O–H groups in total. The van der Waals surface area contributed by atoms with Gasteiger partial charge in [0.2, 0.25) is 0 Å². The van der Waals surface area contributed by atoms with Gasteiger partial charge in [-0.05, 0) is 37.6 Å². The molecule has 0 saturated heterocycles. The monoisotopic (exact) mass is 246 g/mol. The highest BCUT2D eigenvalue weighted by molar-refractivity contribution is 5.38. The lowest BCUT2D eigenvalue weighted by atomic mass is 10.2. The number of para-hydroxylation sites is 1. The molecule has 2 aromatic rings. The van der Waals surface area contributed by atoms with Crippen LogP contribution >= 0.6 is 0 Å². The summed E-state index contributed by atoms with van der Waals surface area (Å²) in [6.45, 7) is 4.50. The third kappa shape index (κ3) is 4.78. The standard InChI is InChI=1S/C9H12O2.C6H6O/c1-3-11-9-6-8(10)5-4-7(9)2;7-6-4-2-1-3-5-6/h4-6,10H,3H2,1-2H3;1-5,7H. The first-order chi connectivity index (χ1) is 8.63. The number of phenolic OH excluding ortho intramolecular Hbond substituents is 2. The van der Waals surface area contributed by atoms with E-state index in [1.807, 2.05) is 26.0 Å². The third-order valence-electron chi connectivity index (χ3n) is 2.23. The molecule has 0 aliphatic rings. The molecule has 2 aromatic carbocycles. The largest absolute Gasteiger partial charge is 0.508 e. The van der Waals surface area contributed by atoms with Crippen molar-refractivity contribution in [2.75, 3.05) is 6.61 Å². The van der Waals surface area contributed by atoms with E-state index in [4.69, 9.17) is 14.9 Å². The maximum atomic E-state index is 9.08. The number of hydrogen-bond acceptors (Lipinski definition) is 3. The molecule has 0 aromatic heterocycles. The molecule has 0 atom stereocenters. The van der Waals surface area contributed by atoms with Crippen LogP contribution < -0.4 is 4.74 Å². The van der Waals surface area contributed by atoms with Crippen molar-refractivity contribution >= 4 is 0 Å². The average molecular weight is 246 g/mol. The molecular weight excluding hydrogens is 228 g/mol. The normalized spacial score (nSPS) is 9.22. The fourth-order valence-electron chi connectivity index (χ4n) is 1.33. The summed E-state index contributed by atoms with van der Waals surface area (Å²) in [4.78, 5) is 0. The zero-order valence-corrected chi connectivity index (χ0v) is 10.6. The molecule has 0 bridgehead atoms. The van der Waals surface area contributed by atoms with E-state index in [-0.39, 0.29) is 5.75 Å². The lowest BCUT2D eigenvalue weighted by molar-refractivity contribution is 0.335. The van der Waals surface area contributed by atoms with Crippen LogP contribution in [0.3, 0.4) is 0 Å². The van der Waals surface area contributed by atoms with Crippen molar-refractivity contribution in [1.29, 1.82) is 0 Å². The highest BCUT2D eigenvalue weighted by atomic mass is 16.5. The zero-order chi connectivity index (χ0) is 13.4. The quantitative estimate of drug-likeness (QED) is 0.852. The topological polar surface area (TPSA) is 49.7 Å². The lowest BCUT2D eigenvalue weighted by Crippen LogP contribution is -1.92. The van der Waals surface area contributed by atoms with E-state index < -0.39 is 0 Å². The highest BCUT2D eigenvalue weighted by Crippen LogP contribution is 2.22. The van der Waals surface area contributed by atoms with Crippen LogP contribution in [0.1, 0.15) is 12.5 Å². The minimum absolute atomic E-state index is 0.249. The van der Waals surface area contributed by atoms with E-state index in [0.717, 1.165) is 11.3 Å². The summed E-state index contributed by atoms with van der Waals surface area (Å²) < 4.78 is 5.26. The summed E-state index contributed by atoms with van der Waals surface area (Å²) in [6.07, 6.45) is 0. The number of hydrogen-bond donors (Lipinski definition) is 2. The smallest absolute Gasteiger partial charge is 0.125 e. The molecule has 0 fully saturated rings. The predicted octanol–water partition coefficient (Wildman–Crippen LogP) is 3.49. The van der Waals surface area contributed by atoms with Gasteiger partial charge in [0.15, 0.2) is 0 Å². The molecule has 0 aliphatic carbocycles. The molecule has 2 rings (SSSR count). The molecule has 0 amide bonds. The Morgan fingerprint density at radius 3 is 2.11 bits per heavy atom. The third-order valence-corrected chi connectivity index (χ3v) is 2.23. The van der Waals surface area contributed by atoms with E-state index in [1.165, 1.54) is 0 Å². The summed E-state index contributed by atoms with van der Waals surface area (Å²) in [5, 5.41) is 17.7. The van der Waals surface area contributed by atoms with E-state index in [1.54, 1.807) is 36.4 Å². The van der Waals surface area contributed by atoms with Gasteiger partial charge in [0, 0.05) is 6.07 Å². The maximum absolute atomic E-state index is 9.08. The average Bonchev–Trinajstić information content (AvgIpc) is 2.36. The summed E-state index contributed by atoms with van der Waals surface area (Å²) in [6, 6.07) is 13.8. The van der Waals surface area contributed by atoms with Gasteiger partial charge in [0.25, 0.3) is 0 Å². The van der Waals surface area contributed by atoms with E-state index >= 15 is 0 Å². The maximum Gasteiger partial charge on any atom is 0.125 e. The predicted molar refractivity (Wildman–Crippen MR) is 72.1 cm³/mol. The number of rotatable bonds is 2. The lowest BCUT2D eigenvalue weighted by Gasteiger charge is -2.05. The number of aryl methyl sites for hydroxylation is 1. The van der Waals surface area contributed by atoms with Crippen LogP contribution in [0.5, 0.6) is 17.2 Å². The second-order valence-electron chi connectivity index (χ2n) is 3.72. The summed E-state index contributed by atoms with van der Waals surface area (Å²) in [5.74, 6) is 1.33. The van der Waals surface area contributed by atoms with Gasteiger partial charge >= 0.3 is 0 Å². The molecule has 18 heavy (non-hydrogen) atoms. The molecule has 0 spiro atoms. The van der Waals surface area contributed by atoms with E-state index in [2.05, 4.69) is 0 Å². The fourth-order valence-corrected chi connectivity index (χ4v) is 1.33. The number of ether oxygens (including phenoxy) is 1. The van der Waals surface area contributed by atoms with Crippen molar-refractivity contribution < 1.29 is 14.9 Å². The molecule has 3 nitrogen and oxygen atoms in total. The first-order valence-electron chi connectivity index (χ1n) is 5.80. The second kappa shape index (κ2) is 7.22. The Bertz CT molecular complexity index is 466. The molecule has 0 radical (unpaired) electrons. The van der Waals surface area contributed by atoms with Crippen molar-refractivity contribution in [3.63, 3.8) is 0 Å². The van der Waals surface area contributed by atoms with Gasteiger partial charge in [-0.1, -0.05) is 24.3 Å². The molecule has 0 unspecified atom stereocenters. The van der Waals surface area contributed by atoms with Crippen molar-refractivity contribution in [3.05, 3.63) is 54.1 Å². The Balaban J connectivity index is 0.000000199. The van der Waals surface area contributed by atoms with Gasteiger partial charge < -0.3 is 14.9 Å². The number of benzene rings is 2. The molecule has 0 heterocycles. The Hall–Kier alpha value is -2.16. The van der Waals surface area contributed by atoms with E-state index in [0.29, 0.717) is 12.4 Å². The number of phenols is 2. The first-order valence-corrected chi connectivity index (χ1v) is 5.80. The first kappa shape index (κ1) is 13.9. The van der Waals surface area contributed by atoms with Crippen LogP contribution in [0.4, 0.5) is 0 Å². The molecule has 3 heteroatoms. The molecule has 0 aliphatic heterocycles.